The fraction of sp³-hybridized carbons (Fsp3) is 0.231. The Bertz CT molecular complexity index is 962. The van der Waals surface area contributed by atoms with Crippen molar-refractivity contribution in [2.45, 2.75) is 26.9 Å². The number of hydrogen-bond acceptors (Lipinski definition) is 3. The summed E-state index contributed by atoms with van der Waals surface area (Å²) < 4.78 is 5.28. The van der Waals surface area contributed by atoms with Crippen molar-refractivity contribution in [3.05, 3.63) is 101 Å². The third-order valence-electron chi connectivity index (χ3n) is 5.02. The molecule has 5 heteroatoms. The lowest BCUT2D eigenvalue weighted by molar-refractivity contribution is -0.920. The van der Waals surface area contributed by atoms with Crippen LogP contribution in [0.4, 0.5) is 5.69 Å². The van der Waals surface area contributed by atoms with Gasteiger partial charge < -0.3 is 15.0 Å². The highest BCUT2D eigenvalue weighted by molar-refractivity contribution is 5.93. The van der Waals surface area contributed by atoms with Crippen molar-refractivity contribution in [3.8, 4) is 0 Å². The molecule has 0 aliphatic carbocycles. The number of carbonyl (C=O) groups excluding carboxylic acids is 2. The Labute approximate surface area is 183 Å². The van der Waals surface area contributed by atoms with Gasteiger partial charge in [0.2, 0.25) is 0 Å². The van der Waals surface area contributed by atoms with Crippen LogP contribution in [-0.4, -0.2) is 25.0 Å². The zero-order valence-corrected chi connectivity index (χ0v) is 18.1. The third kappa shape index (κ3) is 7.39. The first-order valence-electron chi connectivity index (χ1n) is 10.4. The quantitative estimate of drug-likeness (QED) is 0.526. The van der Waals surface area contributed by atoms with Gasteiger partial charge in [-0.25, -0.2) is 4.79 Å². The van der Waals surface area contributed by atoms with Crippen LogP contribution in [0.25, 0.3) is 0 Å². The topological polar surface area (TPSA) is 59.8 Å². The van der Waals surface area contributed by atoms with Crippen LogP contribution < -0.4 is 10.2 Å². The van der Waals surface area contributed by atoms with Crippen LogP contribution >= 0.6 is 0 Å². The van der Waals surface area contributed by atoms with Gasteiger partial charge in [-0.2, -0.15) is 0 Å². The number of amides is 1. The predicted octanol–water partition coefficient (Wildman–Crippen LogP) is 3.07. The molecule has 0 atom stereocenters. The summed E-state index contributed by atoms with van der Waals surface area (Å²) in [4.78, 5) is 25.8. The van der Waals surface area contributed by atoms with Gasteiger partial charge in [-0.15, -0.1) is 0 Å². The first-order chi connectivity index (χ1) is 15.0. The molecule has 0 aliphatic heterocycles. The van der Waals surface area contributed by atoms with Crippen molar-refractivity contribution in [2.24, 2.45) is 0 Å². The number of aryl methyl sites for hydroxylation is 2. The number of rotatable bonds is 9. The molecule has 2 N–H and O–H groups in total. The molecule has 0 saturated carbocycles. The lowest BCUT2D eigenvalue weighted by Crippen LogP contribution is -3.10. The Hall–Kier alpha value is -3.44. The van der Waals surface area contributed by atoms with E-state index in [1.54, 1.807) is 0 Å². The summed E-state index contributed by atoms with van der Waals surface area (Å²) in [7, 11) is 0. The SMILES string of the molecule is Cc1ccc(C)c(NC(=O)COC(=O)C[NH+](Cc2ccccc2)Cc2ccccc2)c1. The maximum atomic E-state index is 12.5. The molecule has 160 valence electrons. The van der Waals surface area contributed by atoms with E-state index in [9.17, 15) is 9.59 Å². The Morgan fingerprint density at radius 2 is 1.42 bits per heavy atom. The molecule has 0 saturated heterocycles. The van der Waals surface area contributed by atoms with E-state index in [1.807, 2.05) is 92.7 Å². The number of anilines is 1. The number of benzene rings is 3. The zero-order chi connectivity index (χ0) is 22.1. The van der Waals surface area contributed by atoms with Gasteiger partial charge in [0.25, 0.3) is 5.91 Å². The van der Waals surface area contributed by atoms with Gasteiger partial charge in [-0.3, -0.25) is 4.79 Å². The Morgan fingerprint density at radius 1 is 0.839 bits per heavy atom. The largest absolute Gasteiger partial charge is 0.451 e. The van der Waals surface area contributed by atoms with E-state index in [1.165, 1.54) is 0 Å². The molecule has 0 bridgehead atoms. The first-order valence-corrected chi connectivity index (χ1v) is 10.4. The third-order valence-corrected chi connectivity index (χ3v) is 5.02. The number of nitrogens with one attached hydrogen (secondary N) is 2. The van der Waals surface area contributed by atoms with Crippen molar-refractivity contribution in [1.82, 2.24) is 0 Å². The average molecular weight is 418 g/mol. The second kappa shape index (κ2) is 11.1. The van der Waals surface area contributed by atoms with Crippen molar-refractivity contribution >= 4 is 17.6 Å². The van der Waals surface area contributed by atoms with Crippen molar-refractivity contribution in [2.75, 3.05) is 18.5 Å². The van der Waals surface area contributed by atoms with Crippen molar-refractivity contribution < 1.29 is 19.2 Å². The minimum absolute atomic E-state index is 0.181. The summed E-state index contributed by atoms with van der Waals surface area (Å²) in [6.45, 7) is 5.16. The van der Waals surface area contributed by atoms with Crippen LogP contribution in [0.2, 0.25) is 0 Å². The van der Waals surface area contributed by atoms with Crippen LogP contribution in [0.5, 0.6) is 0 Å². The highest BCUT2D eigenvalue weighted by atomic mass is 16.5. The fourth-order valence-corrected chi connectivity index (χ4v) is 3.41. The summed E-state index contributed by atoms with van der Waals surface area (Å²) in [5, 5.41) is 2.82. The molecule has 3 aromatic rings. The van der Waals surface area contributed by atoms with Crippen LogP contribution in [-0.2, 0) is 27.4 Å². The van der Waals surface area contributed by atoms with Crippen LogP contribution in [0.15, 0.2) is 78.9 Å². The van der Waals surface area contributed by atoms with E-state index in [4.69, 9.17) is 4.74 Å². The van der Waals surface area contributed by atoms with Gasteiger partial charge >= 0.3 is 5.97 Å². The van der Waals surface area contributed by atoms with E-state index in [0.29, 0.717) is 13.1 Å². The molecule has 1 amide bonds. The molecule has 0 aromatic heterocycles. The summed E-state index contributed by atoms with van der Waals surface area (Å²) in [6, 6.07) is 26.0. The number of quaternary nitrogens is 1. The highest BCUT2D eigenvalue weighted by Crippen LogP contribution is 2.16. The molecule has 5 nitrogen and oxygen atoms in total. The Balaban J connectivity index is 1.56. The highest BCUT2D eigenvalue weighted by Gasteiger charge is 2.18. The molecule has 0 spiro atoms. The molecule has 0 unspecified atom stereocenters. The van der Waals surface area contributed by atoms with E-state index in [0.717, 1.165) is 32.8 Å². The van der Waals surface area contributed by atoms with Gasteiger partial charge in [0.05, 0.1) is 0 Å². The number of carbonyl (C=O) groups is 2. The van der Waals surface area contributed by atoms with Crippen LogP contribution in [0, 0.1) is 13.8 Å². The Morgan fingerprint density at radius 3 is 2.00 bits per heavy atom. The fourth-order valence-electron chi connectivity index (χ4n) is 3.41. The van der Waals surface area contributed by atoms with Gasteiger partial charge in [-0.1, -0.05) is 72.8 Å². The summed E-state index contributed by atoms with van der Waals surface area (Å²) in [5.74, 6) is -0.729. The lowest BCUT2D eigenvalue weighted by atomic mass is 10.1. The minimum atomic E-state index is -0.391. The number of esters is 1. The number of hydrogen-bond donors (Lipinski definition) is 2. The molecule has 0 aliphatic rings. The first kappa shape index (κ1) is 22.2. The second-order valence-corrected chi connectivity index (χ2v) is 7.78. The van der Waals surface area contributed by atoms with Crippen molar-refractivity contribution in [3.63, 3.8) is 0 Å². The zero-order valence-electron chi connectivity index (χ0n) is 18.1. The van der Waals surface area contributed by atoms with E-state index < -0.39 is 5.97 Å². The smallest absolute Gasteiger partial charge is 0.362 e. The van der Waals surface area contributed by atoms with E-state index in [-0.39, 0.29) is 19.1 Å². The lowest BCUT2D eigenvalue weighted by Gasteiger charge is -2.19. The normalized spacial score (nSPS) is 10.7. The molecule has 3 rings (SSSR count). The monoisotopic (exact) mass is 417 g/mol. The standard InChI is InChI=1S/C26H28N2O3/c1-20-13-14-21(2)24(15-20)27-25(29)19-31-26(30)18-28(16-22-9-5-3-6-10-22)17-23-11-7-4-8-12-23/h3-15H,16-19H2,1-2H3,(H,27,29)/p+1. The summed E-state index contributed by atoms with van der Waals surface area (Å²) in [5.41, 5.74) is 5.05. The van der Waals surface area contributed by atoms with Crippen LogP contribution in [0.3, 0.4) is 0 Å². The van der Waals surface area contributed by atoms with E-state index in [2.05, 4.69) is 5.32 Å². The molecule has 0 heterocycles. The van der Waals surface area contributed by atoms with Gasteiger partial charge in [0.1, 0.15) is 13.1 Å². The predicted molar refractivity (Wildman–Crippen MR) is 122 cm³/mol. The second-order valence-electron chi connectivity index (χ2n) is 7.78. The van der Waals surface area contributed by atoms with Crippen LogP contribution in [0.1, 0.15) is 22.3 Å². The number of ether oxygens (including phenoxy) is 1. The van der Waals surface area contributed by atoms with Gasteiger partial charge in [0, 0.05) is 16.8 Å². The van der Waals surface area contributed by atoms with E-state index >= 15 is 0 Å². The maximum Gasteiger partial charge on any atom is 0.362 e. The minimum Gasteiger partial charge on any atom is -0.451 e. The van der Waals surface area contributed by atoms with Gasteiger partial charge in [-0.05, 0) is 31.0 Å². The molecular formula is C26H29N2O3+. The molecule has 3 aromatic carbocycles. The Kier molecular flexibility index (Phi) is 7.96. The van der Waals surface area contributed by atoms with Crippen molar-refractivity contribution in [1.29, 1.82) is 0 Å². The average Bonchev–Trinajstić information content (AvgIpc) is 2.76. The molecule has 31 heavy (non-hydrogen) atoms. The summed E-state index contributed by atoms with van der Waals surface area (Å²) >= 11 is 0. The van der Waals surface area contributed by atoms with Gasteiger partial charge in [0.15, 0.2) is 13.2 Å². The molecule has 0 fully saturated rings. The maximum absolute atomic E-state index is 12.5. The molecule has 0 radical (unpaired) electrons. The molecular weight excluding hydrogens is 388 g/mol. The summed E-state index contributed by atoms with van der Waals surface area (Å²) in [6.07, 6.45) is 0.